The molecule has 16 heavy (non-hydrogen) atoms. The summed E-state index contributed by atoms with van der Waals surface area (Å²) in [7, 11) is 0. The maximum Gasteiger partial charge on any atom is 0.234 e. The summed E-state index contributed by atoms with van der Waals surface area (Å²) in [5.41, 5.74) is 1.34. The van der Waals surface area contributed by atoms with Crippen molar-refractivity contribution >= 4 is 23.4 Å². The molecule has 1 N–H and O–H groups in total. The van der Waals surface area contributed by atoms with Crippen LogP contribution >= 0.6 is 11.8 Å². The van der Waals surface area contributed by atoms with E-state index < -0.39 is 5.41 Å². The van der Waals surface area contributed by atoms with Gasteiger partial charge >= 0.3 is 0 Å². The second kappa shape index (κ2) is 3.84. The smallest absolute Gasteiger partial charge is 0.234 e. The molecule has 1 aliphatic heterocycles. The van der Waals surface area contributed by atoms with Crippen molar-refractivity contribution in [2.75, 3.05) is 11.1 Å². The quantitative estimate of drug-likeness (QED) is 0.809. The molecule has 0 saturated carbocycles. The lowest BCUT2D eigenvalue weighted by Gasteiger charge is -2.21. The van der Waals surface area contributed by atoms with E-state index in [1.807, 2.05) is 32.0 Å². The Labute approximate surface area is 98.8 Å². The Kier molecular flexibility index (Phi) is 2.64. The fourth-order valence-corrected chi connectivity index (χ4v) is 2.37. The molecule has 3 nitrogen and oxygen atoms in total. The van der Waals surface area contributed by atoms with E-state index in [0.717, 1.165) is 16.1 Å². The van der Waals surface area contributed by atoms with E-state index >= 15 is 0 Å². The first-order valence-electron chi connectivity index (χ1n) is 5.01. The maximum atomic E-state index is 11.2. The van der Waals surface area contributed by atoms with Gasteiger partial charge in [0.2, 0.25) is 5.91 Å². The SMILES string of the molecule is CC(C)(C#N)c1ccc2c(c1)SCC(=O)N2. The topological polar surface area (TPSA) is 52.9 Å². The predicted octanol–water partition coefficient (Wildman–Crippen LogP) is 2.53. The molecule has 1 aliphatic rings. The Morgan fingerprint density at radius 3 is 2.94 bits per heavy atom. The molecule has 0 aliphatic carbocycles. The third kappa shape index (κ3) is 1.91. The van der Waals surface area contributed by atoms with Crippen LogP contribution in [-0.4, -0.2) is 11.7 Å². The summed E-state index contributed by atoms with van der Waals surface area (Å²) in [6, 6.07) is 8.03. The molecule has 0 radical (unpaired) electrons. The molecule has 0 unspecified atom stereocenters. The molecule has 0 saturated heterocycles. The molecule has 0 spiro atoms. The summed E-state index contributed by atoms with van der Waals surface area (Å²) >= 11 is 1.52. The lowest BCUT2D eigenvalue weighted by atomic mass is 9.86. The van der Waals surface area contributed by atoms with E-state index in [9.17, 15) is 4.79 Å². The van der Waals surface area contributed by atoms with Crippen molar-refractivity contribution in [2.45, 2.75) is 24.2 Å². The number of hydrogen-bond donors (Lipinski definition) is 1. The molecule has 0 bridgehead atoms. The molecule has 1 heterocycles. The van der Waals surface area contributed by atoms with E-state index in [2.05, 4.69) is 11.4 Å². The number of rotatable bonds is 1. The number of nitriles is 1. The largest absolute Gasteiger partial charge is 0.324 e. The highest BCUT2D eigenvalue weighted by Gasteiger charge is 2.23. The predicted molar refractivity (Wildman–Crippen MR) is 64.4 cm³/mol. The van der Waals surface area contributed by atoms with Crippen LogP contribution in [0.15, 0.2) is 23.1 Å². The Balaban J connectivity index is 2.41. The first kappa shape index (κ1) is 11.0. The standard InChI is InChI=1S/C12H12N2OS/c1-12(2,7-13)8-3-4-9-10(5-8)16-6-11(15)14-9/h3-5H,6H2,1-2H3,(H,14,15). The maximum absolute atomic E-state index is 11.2. The minimum atomic E-state index is -0.489. The molecule has 0 atom stereocenters. The summed E-state index contributed by atoms with van der Waals surface area (Å²) in [4.78, 5) is 12.2. The van der Waals surface area contributed by atoms with Gasteiger partial charge in [0.25, 0.3) is 0 Å². The molecule has 1 aromatic carbocycles. The van der Waals surface area contributed by atoms with E-state index in [0.29, 0.717) is 5.75 Å². The van der Waals surface area contributed by atoms with E-state index in [1.54, 1.807) is 0 Å². The normalized spacial score (nSPS) is 14.9. The van der Waals surface area contributed by atoms with Crippen LogP contribution in [0, 0.1) is 11.3 Å². The summed E-state index contributed by atoms with van der Waals surface area (Å²) in [5, 5.41) is 11.9. The van der Waals surface area contributed by atoms with Gasteiger partial charge in [0.05, 0.1) is 22.9 Å². The van der Waals surface area contributed by atoms with Gasteiger partial charge in [-0.05, 0) is 31.5 Å². The van der Waals surface area contributed by atoms with Crippen LogP contribution in [0.5, 0.6) is 0 Å². The first-order chi connectivity index (χ1) is 7.53. The van der Waals surface area contributed by atoms with Crippen molar-refractivity contribution in [3.05, 3.63) is 23.8 Å². The Morgan fingerprint density at radius 2 is 2.25 bits per heavy atom. The number of fused-ring (bicyclic) bond motifs is 1. The molecular formula is C12H12N2OS. The molecule has 1 amide bonds. The average Bonchev–Trinajstić information content (AvgIpc) is 2.28. The molecule has 82 valence electrons. The van der Waals surface area contributed by atoms with Crippen molar-refractivity contribution in [2.24, 2.45) is 0 Å². The Hall–Kier alpha value is -1.47. The third-order valence-electron chi connectivity index (χ3n) is 2.62. The van der Waals surface area contributed by atoms with Gasteiger partial charge in [0.1, 0.15) is 0 Å². The second-order valence-corrected chi connectivity index (χ2v) is 5.30. The minimum Gasteiger partial charge on any atom is -0.324 e. The van der Waals surface area contributed by atoms with Gasteiger partial charge in [-0.1, -0.05) is 6.07 Å². The summed E-state index contributed by atoms with van der Waals surface area (Å²) in [6.07, 6.45) is 0. The Morgan fingerprint density at radius 1 is 1.50 bits per heavy atom. The van der Waals surface area contributed by atoms with Crippen LogP contribution in [-0.2, 0) is 10.2 Å². The van der Waals surface area contributed by atoms with E-state index in [4.69, 9.17) is 5.26 Å². The average molecular weight is 232 g/mol. The van der Waals surface area contributed by atoms with Gasteiger partial charge in [0, 0.05) is 4.90 Å². The monoisotopic (exact) mass is 232 g/mol. The van der Waals surface area contributed by atoms with Crippen molar-refractivity contribution in [1.29, 1.82) is 5.26 Å². The van der Waals surface area contributed by atoms with Crippen molar-refractivity contribution in [3.8, 4) is 6.07 Å². The Bertz CT molecular complexity index is 488. The second-order valence-electron chi connectivity index (χ2n) is 4.28. The van der Waals surface area contributed by atoms with Crippen LogP contribution in [0.2, 0.25) is 0 Å². The zero-order chi connectivity index (χ0) is 11.8. The molecule has 2 rings (SSSR count). The van der Waals surface area contributed by atoms with Gasteiger partial charge in [0.15, 0.2) is 0 Å². The highest BCUT2D eigenvalue weighted by Crippen LogP contribution is 2.35. The number of amides is 1. The number of nitrogens with zero attached hydrogens (tertiary/aromatic N) is 1. The van der Waals surface area contributed by atoms with Crippen molar-refractivity contribution in [1.82, 2.24) is 0 Å². The number of nitrogens with one attached hydrogen (secondary N) is 1. The summed E-state index contributed by atoms with van der Waals surface area (Å²) in [6.45, 7) is 3.78. The van der Waals surface area contributed by atoms with Crippen molar-refractivity contribution in [3.63, 3.8) is 0 Å². The van der Waals surface area contributed by atoms with Gasteiger partial charge < -0.3 is 5.32 Å². The zero-order valence-corrected chi connectivity index (χ0v) is 10.0. The zero-order valence-electron chi connectivity index (χ0n) is 9.20. The highest BCUT2D eigenvalue weighted by molar-refractivity contribution is 8.00. The fourth-order valence-electron chi connectivity index (χ4n) is 1.53. The van der Waals surface area contributed by atoms with Crippen LogP contribution < -0.4 is 5.32 Å². The minimum absolute atomic E-state index is 0.0322. The van der Waals surface area contributed by atoms with Crippen LogP contribution in [0.4, 0.5) is 5.69 Å². The first-order valence-corrected chi connectivity index (χ1v) is 6.00. The number of hydrogen-bond acceptors (Lipinski definition) is 3. The number of carbonyl (C=O) groups is 1. The molecular weight excluding hydrogens is 220 g/mol. The number of carbonyl (C=O) groups excluding carboxylic acids is 1. The number of benzene rings is 1. The van der Waals surface area contributed by atoms with E-state index in [1.165, 1.54) is 11.8 Å². The summed E-state index contributed by atoms with van der Waals surface area (Å²) in [5.74, 6) is 0.480. The molecule has 4 heteroatoms. The molecule has 0 fully saturated rings. The van der Waals surface area contributed by atoms with Crippen molar-refractivity contribution < 1.29 is 4.79 Å². The van der Waals surface area contributed by atoms with Crippen LogP contribution in [0.25, 0.3) is 0 Å². The van der Waals surface area contributed by atoms with Gasteiger partial charge in [-0.25, -0.2) is 0 Å². The fraction of sp³-hybridized carbons (Fsp3) is 0.333. The molecule has 1 aromatic rings. The molecule has 0 aromatic heterocycles. The number of thioether (sulfide) groups is 1. The van der Waals surface area contributed by atoms with Crippen LogP contribution in [0.1, 0.15) is 19.4 Å². The highest BCUT2D eigenvalue weighted by atomic mass is 32.2. The van der Waals surface area contributed by atoms with Gasteiger partial charge in [-0.15, -0.1) is 11.8 Å². The number of anilines is 1. The third-order valence-corrected chi connectivity index (χ3v) is 3.67. The summed E-state index contributed by atoms with van der Waals surface area (Å²) < 4.78 is 0. The van der Waals surface area contributed by atoms with Crippen LogP contribution in [0.3, 0.4) is 0 Å². The van der Waals surface area contributed by atoms with Gasteiger partial charge in [-0.2, -0.15) is 5.26 Å². The van der Waals surface area contributed by atoms with E-state index in [-0.39, 0.29) is 5.91 Å². The lowest BCUT2D eigenvalue weighted by molar-refractivity contribution is -0.113. The lowest BCUT2D eigenvalue weighted by Crippen LogP contribution is -2.20. The van der Waals surface area contributed by atoms with Gasteiger partial charge in [-0.3, -0.25) is 4.79 Å².